The Balaban J connectivity index is 1.48. The number of methoxy groups -OCH3 is 1. The van der Waals surface area contributed by atoms with E-state index in [0.29, 0.717) is 54.6 Å². The first kappa shape index (κ1) is 21.0. The molecular formula is C23H23N5O5. The number of rotatable bonds is 4. The summed E-state index contributed by atoms with van der Waals surface area (Å²) in [7, 11) is 1.58. The zero-order valence-corrected chi connectivity index (χ0v) is 18.2. The molecule has 10 nitrogen and oxygen atoms in total. The van der Waals surface area contributed by atoms with Gasteiger partial charge in [0, 0.05) is 49.9 Å². The van der Waals surface area contributed by atoms with Crippen molar-refractivity contribution in [3.63, 3.8) is 0 Å². The zero-order valence-electron chi connectivity index (χ0n) is 18.2. The Morgan fingerprint density at radius 3 is 2.79 bits per heavy atom. The number of allylic oxidation sites excluding steroid dienone is 1. The topological polar surface area (TPSA) is 121 Å². The first-order chi connectivity index (χ1) is 16.0. The molecule has 170 valence electrons. The Hall–Kier alpha value is -3.92. The van der Waals surface area contributed by atoms with E-state index in [1.807, 2.05) is 13.0 Å². The van der Waals surface area contributed by atoms with E-state index in [1.165, 1.54) is 4.90 Å². The van der Waals surface area contributed by atoms with Crippen LogP contribution in [0.3, 0.4) is 0 Å². The zero-order chi connectivity index (χ0) is 23.1. The lowest BCUT2D eigenvalue weighted by molar-refractivity contribution is 0.0877. The molecule has 1 saturated heterocycles. The average Bonchev–Trinajstić information content (AvgIpc) is 3.39. The number of H-pyrrole nitrogens is 1. The highest BCUT2D eigenvalue weighted by molar-refractivity contribution is 6.15. The number of hydrogen-bond donors (Lipinski definition) is 2. The molecule has 1 aromatic carbocycles. The minimum atomic E-state index is -0.912. The SMILES string of the molecule is COc1ccc2c(c1C(C)N1CCN(C(=O)O)CC1)O/C(=C\c1n[nH]c3ncccc13)C2=O. The summed E-state index contributed by atoms with van der Waals surface area (Å²) in [6.07, 6.45) is 2.38. The summed E-state index contributed by atoms with van der Waals surface area (Å²) in [4.78, 5) is 32.2. The molecule has 1 unspecified atom stereocenters. The number of carbonyl (C=O) groups excluding carboxylic acids is 1. The minimum absolute atomic E-state index is 0.145. The molecule has 2 aromatic heterocycles. The van der Waals surface area contributed by atoms with Gasteiger partial charge >= 0.3 is 6.09 Å². The average molecular weight is 449 g/mol. The van der Waals surface area contributed by atoms with Crippen LogP contribution in [0.15, 0.2) is 36.2 Å². The van der Waals surface area contributed by atoms with E-state index in [1.54, 1.807) is 37.6 Å². The van der Waals surface area contributed by atoms with Crippen LogP contribution in [0.1, 0.15) is 34.6 Å². The Bertz CT molecular complexity index is 1280. The van der Waals surface area contributed by atoms with Crippen molar-refractivity contribution < 1.29 is 24.2 Å². The summed E-state index contributed by atoms with van der Waals surface area (Å²) in [6, 6.07) is 7.02. The third-order valence-electron chi connectivity index (χ3n) is 6.24. The number of pyridine rings is 1. The summed E-state index contributed by atoms with van der Waals surface area (Å²) in [5.41, 5.74) is 2.43. The maximum absolute atomic E-state index is 13.2. The molecule has 10 heteroatoms. The number of Topliss-reactive ketones (excluding diaryl/α,β-unsaturated/α-hetero) is 1. The van der Waals surface area contributed by atoms with Crippen molar-refractivity contribution in [1.29, 1.82) is 0 Å². The predicted octanol–water partition coefficient (Wildman–Crippen LogP) is 2.94. The predicted molar refractivity (Wildman–Crippen MR) is 119 cm³/mol. The van der Waals surface area contributed by atoms with E-state index in [9.17, 15) is 14.7 Å². The minimum Gasteiger partial charge on any atom is -0.496 e. The van der Waals surface area contributed by atoms with Crippen LogP contribution >= 0.6 is 0 Å². The number of nitrogens with one attached hydrogen (secondary N) is 1. The standard InChI is InChI=1S/C23H23N5O5/c1-13(27-8-10-28(11-9-27)23(30)31)19-17(32-2)6-5-15-20(29)18(33-21(15)19)12-16-14-4-3-7-24-22(14)26-25-16/h3-7,12-13H,8-11H2,1-2H3,(H,30,31)(H,24,25,26)/b18-12-. The molecule has 0 radical (unpaired) electrons. The lowest BCUT2D eigenvalue weighted by atomic mass is 9.99. The van der Waals surface area contributed by atoms with E-state index in [0.717, 1.165) is 10.9 Å². The Morgan fingerprint density at radius 2 is 2.06 bits per heavy atom. The van der Waals surface area contributed by atoms with Crippen LogP contribution in [-0.4, -0.2) is 75.3 Å². The Morgan fingerprint density at radius 1 is 1.27 bits per heavy atom. The van der Waals surface area contributed by atoms with E-state index in [4.69, 9.17) is 9.47 Å². The van der Waals surface area contributed by atoms with Crippen molar-refractivity contribution >= 4 is 29.0 Å². The second-order valence-electron chi connectivity index (χ2n) is 7.99. The number of aromatic nitrogens is 3. The number of piperazine rings is 1. The molecule has 2 N–H and O–H groups in total. The smallest absolute Gasteiger partial charge is 0.407 e. The van der Waals surface area contributed by atoms with Crippen LogP contribution < -0.4 is 9.47 Å². The van der Waals surface area contributed by atoms with Crippen molar-refractivity contribution in [3.05, 3.63) is 53.0 Å². The van der Waals surface area contributed by atoms with Crippen LogP contribution in [-0.2, 0) is 0 Å². The normalized spacial score (nSPS) is 18.4. The molecule has 0 bridgehead atoms. The van der Waals surface area contributed by atoms with E-state index in [2.05, 4.69) is 20.1 Å². The van der Waals surface area contributed by atoms with Gasteiger partial charge in [-0.25, -0.2) is 9.78 Å². The molecule has 5 rings (SSSR count). The van der Waals surface area contributed by atoms with Gasteiger partial charge in [0.05, 0.1) is 23.9 Å². The fourth-order valence-electron chi connectivity index (χ4n) is 4.42. The van der Waals surface area contributed by atoms with Crippen LogP contribution in [0.25, 0.3) is 17.1 Å². The number of fused-ring (bicyclic) bond motifs is 2. The third-order valence-corrected chi connectivity index (χ3v) is 6.24. The van der Waals surface area contributed by atoms with E-state index < -0.39 is 6.09 Å². The highest BCUT2D eigenvalue weighted by Crippen LogP contribution is 2.44. The van der Waals surface area contributed by atoms with Gasteiger partial charge in [0.1, 0.15) is 11.5 Å². The highest BCUT2D eigenvalue weighted by Gasteiger charge is 2.36. The van der Waals surface area contributed by atoms with Gasteiger partial charge in [-0.2, -0.15) is 5.10 Å². The van der Waals surface area contributed by atoms with Crippen molar-refractivity contribution in [1.82, 2.24) is 25.0 Å². The molecule has 2 aliphatic heterocycles. The van der Waals surface area contributed by atoms with E-state index >= 15 is 0 Å². The van der Waals surface area contributed by atoms with Gasteiger partial charge in [-0.3, -0.25) is 14.8 Å². The summed E-state index contributed by atoms with van der Waals surface area (Å²) in [5.74, 6) is 1.04. The fourth-order valence-corrected chi connectivity index (χ4v) is 4.42. The quantitative estimate of drug-likeness (QED) is 0.583. The van der Waals surface area contributed by atoms with Crippen LogP contribution in [0.4, 0.5) is 4.79 Å². The van der Waals surface area contributed by atoms with Gasteiger partial charge in [0.2, 0.25) is 5.78 Å². The van der Waals surface area contributed by atoms with Gasteiger partial charge < -0.3 is 19.5 Å². The molecule has 2 aliphatic rings. The molecular weight excluding hydrogens is 426 g/mol. The van der Waals surface area contributed by atoms with Gasteiger partial charge in [-0.1, -0.05) is 0 Å². The second kappa shape index (κ2) is 8.21. The molecule has 4 heterocycles. The Labute approximate surface area is 189 Å². The molecule has 33 heavy (non-hydrogen) atoms. The molecule has 3 aromatic rings. The van der Waals surface area contributed by atoms with Crippen molar-refractivity contribution in [2.45, 2.75) is 13.0 Å². The largest absolute Gasteiger partial charge is 0.496 e. The van der Waals surface area contributed by atoms with Gasteiger partial charge in [-0.15, -0.1) is 0 Å². The number of carboxylic acid groups (broad SMARTS) is 1. The summed E-state index contributed by atoms with van der Waals surface area (Å²) >= 11 is 0. The van der Waals surface area contributed by atoms with E-state index in [-0.39, 0.29) is 17.6 Å². The summed E-state index contributed by atoms with van der Waals surface area (Å²) in [5, 5.41) is 17.1. The number of aromatic amines is 1. The monoisotopic (exact) mass is 449 g/mol. The van der Waals surface area contributed by atoms with Gasteiger partial charge in [-0.05, 0) is 31.2 Å². The maximum Gasteiger partial charge on any atom is 0.407 e. The molecule has 0 aliphatic carbocycles. The van der Waals surface area contributed by atoms with Crippen LogP contribution in [0.5, 0.6) is 11.5 Å². The summed E-state index contributed by atoms with van der Waals surface area (Å²) in [6.45, 7) is 3.99. The number of hydrogen-bond acceptors (Lipinski definition) is 7. The Kier molecular flexibility index (Phi) is 5.21. The van der Waals surface area contributed by atoms with Gasteiger partial charge in [0.25, 0.3) is 0 Å². The summed E-state index contributed by atoms with van der Waals surface area (Å²) < 4.78 is 11.7. The number of ketones is 1. The van der Waals surface area contributed by atoms with Crippen LogP contribution in [0, 0.1) is 0 Å². The number of ether oxygens (including phenoxy) is 2. The van der Waals surface area contributed by atoms with Crippen molar-refractivity contribution in [2.24, 2.45) is 0 Å². The first-order valence-electron chi connectivity index (χ1n) is 10.6. The first-order valence-corrected chi connectivity index (χ1v) is 10.6. The molecule has 1 atom stereocenters. The molecule has 0 spiro atoms. The van der Waals surface area contributed by atoms with Crippen molar-refractivity contribution in [3.8, 4) is 11.5 Å². The van der Waals surface area contributed by atoms with Crippen molar-refractivity contribution in [2.75, 3.05) is 33.3 Å². The lowest BCUT2D eigenvalue weighted by Gasteiger charge is -2.37. The second-order valence-corrected chi connectivity index (χ2v) is 7.99. The molecule has 1 amide bonds. The van der Waals surface area contributed by atoms with Crippen LogP contribution in [0.2, 0.25) is 0 Å². The molecule has 0 saturated carbocycles. The third kappa shape index (κ3) is 3.58. The fraction of sp³-hybridized carbons (Fsp3) is 0.304. The van der Waals surface area contributed by atoms with Gasteiger partial charge in [0.15, 0.2) is 11.4 Å². The maximum atomic E-state index is 13.2. The number of benzene rings is 1. The number of amides is 1. The lowest BCUT2D eigenvalue weighted by Crippen LogP contribution is -2.48. The number of carbonyl (C=O) groups is 2. The molecule has 1 fully saturated rings. The highest BCUT2D eigenvalue weighted by atomic mass is 16.5. The number of nitrogens with zero attached hydrogens (tertiary/aromatic N) is 4.